The van der Waals surface area contributed by atoms with Gasteiger partial charge >= 0.3 is 12.0 Å². The van der Waals surface area contributed by atoms with E-state index in [0.29, 0.717) is 11.5 Å². The van der Waals surface area contributed by atoms with Gasteiger partial charge in [0.15, 0.2) is 0 Å². The number of ether oxygens (including phenoxy) is 2. The van der Waals surface area contributed by atoms with Crippen LogP contribution in [0.3, 0.4) is 0 Å². The Balaban J connectivity index is 1.81. The van der Waals surface area contributed by atoms with Crippen LogP contribution in [0.2, 0.25) is 0 Å². The van der Waals surface area contributed by atoms with Gasteiger partial charge in [-0.1, -0.05) is 35.4 Å². The second-order valence-corrected chi connectivity index (χ2v) is 5.09. The molecule has 0 unspecified atom stereocenters. The maximum Gasteiger partial charge on any atom is 0.330 e. The van der Waals surface area contributed by atoms with Crippen molar-refractivity contribution >= 4 is 5.95 Å². The minimum absolute atomic E-state index is 0.0317. The average molecular weight is 308 g/mol. The highest BCUT2D eigenvalue weighted by atomic mass is 16.5. The molecule has 0 atom stereocenters. The zero-order valence-corrected chi connectivity index (χ0v) is 12.9. The predicted molar refractivity (Wildman–Crippen MR) is 86.7 cm³/mol. The minimum atomic E-state index is 0.0317. The van der Waals surface area contributed by atoms with Crippen molar-refractivity contribution < 1.29 is 9.47 Å². The summed E-state index contributed by atoms with van der Waals surface area (Å²) in [6.45, 7) is 4.00. The molecule has 3 rings (SSSR count). The molecule has 0 aliphatic rings. The molecule has 1 aromatic heterocycles. The number of nitrogen functional groups attached to an aromatic ring is 1. The maximum atomic E-state index is 5.69. The summed E-state index contributed by atoms with van der Waals surface area (Å²) >= 11 is 0. The van der Waals surface area contributed by atoms with Crippen LogP contribution < -0.4 is 15.2 Å². The number of nitrogens with zero attached hydrogens (tertiary/aromatic N) is 3. The van der Waals surface area contributed by atoms with E-state index >= 15 is 0 Å². The smallest absolute Gasteiger partial charge is 0.330 e. The zero-order valence-electron chi connectivity index (χ0n) is 12.9. The highest BCUT2D eigenvalue weighted by Crippen LogP contribution is 2.23. The van der Waals surface area contributed by atoms with Gasteiger partial charge in [-0.3, -0.25) is 0 Å². The number of aryl methyl sites for hydroxylation is 2. The van der Waals surface area contributed by atoms with Crippen LogP contribution in [-0.2, 0) is 0 Å². The molecule has 2 aromatic carbocycles. The Bertz CT molecular complexity index is 736. The molecule has 1 heterocycles. The minimum Gasteiger partial charge on any atom is -0.424 e. The van der Waals surface area contributed by atoms with Crippen molar-refractivity contribution in [3.8, 4) is 23.5 Å². The molecule has 0 radical (unpaired) electrons. The first-order valence-electron chi connectivity index (χ1n) is 7.09. The summed E-state index contributed by atoms with van der Waals surface area (Å²) in [6.07, 6.45) is 0. The molecule has 116 valence electrons. The van der Waals surface area contributed by atoms with Crippen LogP contribution in [0.4, 0.5) is 5.95 Å². The summed E-state index contributed by atoms with van der Waals surface area (Å²) in [5.41, 5.74) is 7.96. The number of hydrogen-bond donors (Lipinski definition) is 1. The topological polar surface area (TPSA) is 83.2 Å². The van der Waals surface area contributed by atoms with Crippen LogP contribution in [0, 0.1) is 13.8 Å². The molecule has 0 saturated carbocycles. The van der Waals surface area contributed by atoms with Gasteiger partial charge in [-0.05, 0) is 38.1 Å². The Morgan fingerprint density at radius 2 is 1.04 bits per heavy atom. The Hall–Kier alpha value is -3.15. The molecule has 3 aromatic rings. The molecule has 0 aliphatic carbocycles. The van der Waals surface area contributed by atoms with Crippen LogP contribution >= 0.6 is 0 Å². The second kappa shape index (κ2) is 6.31. The van der Waals surface area contributed by atoms with Gasteiger partial charge in [0.05, 0.1) is 0 Å². The first kappa shape index (κ1) is 14.8. The summed E-state index contributed by atoms with van der Waals surface area (Å²) in [5, 5.41) is 0. The van der Waals surface area contributed by atoms with E-state index in [4.69, 9.17) is 15.2 Å². The van der Waals surface area contributed by atoms with E-state index in [9.17, 15) is 0 Å². The molecule has 0 bridgehead atoms. The number of hydrogen-bond acceptors (Lipinski definition) is 6. The van der Waals surface area contributed by atoms with E-state index in [1.165, 1.54) is 0 Å². The van der Waals surface area contributed by atoms with Crippen molar-refractivity contribution in [3.05, 3.63) is 59.7 Å². The molecular formula is C17H16N4O2. The molecule has 2 N–H and O–H groups in total. The van der Waals surface area contributed by atoms with Gasteiger partial charge in [0, 0.05) is 0 Å². The molecule has 0 spiro atoms. The van der Waals surface area contributed by atoms with Gasteiger partial charge in [-0.25, -0.2) is 0 Å². The fraction of sp³-hybridized carbons (Fsp3) is 0.118. The summed E-state index contributed by atoms with van der Waals surface area (Å²) in [5.74, 6) is 1.26. The molecule has 0 amide bonds. The lowest BCUT2D eigenvalue weighted by molar-refractivity contribution is 0.399. The van der Waals surface area contributed by atoms with E-state index in [-0.39, 0.29) is 18.0 Å². The lowest BCUT2D eigenvalue weighted by Gasteiger charge is -2.07. The van der Waals surface area contributed by atoms with Crippen molar-refractivity contribution in [1.29, 1.82) is 0 Å². The first-order valence-corrected chi connectivity index (χ1v) is 7.09. The third-order valence-corrected chi connectivity index (χ3v) is 3.07. The van der Waals surface area contributed by atoms with Crippen molar-refractivity contribution in [2.45, 2.75) is 13.8 Å². The van der Waals surface area contributed by atoms with Gasteiger partial charge in [0.2, 0.25) is 5.95 Å². The molecular weight excluding hydrogens is 292 g/mol. The molecule has 23 heavy (non-hydrogen) atoms. The Morgan fingerprint density at radius 3 is 1.43 bits per heavy atom. The van der Waals surface area contributed by atoms with E-state index in [1.807, 2.05) is 62.4 Å². The van der Waals surface area contributed by atoms with E-state index in [2.05, 4.69) is 15.0 Å². The number of anilines is 1. The SMILES string of the molecule is Cc1ccc(Oc2nc(N)nc(Oc3ccc(C)cc3)n2)cc1. The standard InChI is InChI=1S/C17H16N4O2/c1-11-3-7-13(8-4-11)22-16-19-15(18)20-17(21-16)23-14-9-5-12(2)6-10-14/h3-10H,1-2H3,(H2,18,19,20,21). The maximum absolute atomic E-state index is 5.69. The lowest BCUT2D eigenvalue weighted by atomic mass is 10.2. The number of nitrogens with two attached hydrogens (primary N) is 1. The zero-order chi connectivity index (χ0) is 16.2. The monoisotopic (exact) mass is 308 g/mol. The largest absolute Gasteiger partial charge is 0.424 e. The quantitative estimate of drug-likeness (QED) is 0.792. The second-order valence-electron chi connectivity index (χ2n) is 5.09. The van der Waals surface area contributed by atoms with E-state index in [0.717, 1.165) is 11.1 Å². The third kappa shape index (κ3) is 3.94. The molecule has 0 fully saturated rings. The van der Waals surface area contributed by atoms with Crippen molar-refractivity contribution in [2.75, 3.05) is 5.73 Å². The number of aromatic nitrogens is 3. The van der Waals surface area contributed by atoms with Crippen LogP contribution in [0.15, 0.2) is 48.5 Å². The predicted octanol–water partition coefficient (Wildman–Crippen LogP) is 3.66. The Labute approximate surface area is 134 Å². The van der Waals surface area contributed by atoms with Gasteiger partial charge in [0.1, 0.15) is 11.5 Å². The molecule has 6 nitrogen and oxygen atoms in total. The fourth-order valence-electron chi connectivity index (χ4n) is 1.87. The van der Waals surface area contributed by atoms with Crippen molar-refractivity contribution in [1.82, 2.24) is 15.0 Å². The fourth-order valence-corrected chi connectivity index (χ4v) is 1.87. The van der Waals surface area contributed by atoms with Crippen LogP contribution in [-0.4, -0.2) is 15.0 Å². The van der Waals surface area contributed by atoms with E-state index < -0.39 is 0 Å². The van der Waals surface area contributed by atoms with Crippen LogP contribution in [0.5, 0.6) is 23.5 Å². The van der Waals surface area contributed by atoms with Gasteiger partial charge in [-0.2, -0.15) is 9.97 Å². The Kier molecular flexibility index (Phi) is 4.05. The summed E-state index contributed by atoms with van der Waals surface area (Å²) in [7, 11) is 0. The summed E-state index contributed by atoms with van der Waals surface area (Å²) < 4.78 is 11.2. The first-order chi connectivity index (χ1) is 11.1. The molecule has 6 heteroatoms. The highest BCUT2D eigenvalue weighted by Gasteiger charge is 2.09. The third-order valence-electron chi connectivity index (χ3n) is 3.07. The molecule has 0 saturated heterocycles. The van der Waals surface area contributed by atoms with Gasteiger partial charge < -0.3 is 15.2 Å². The van der Waals surface area contributed by atoms with Crippen molar-refractivity contribution in [3.63, 3.8) is 0 Å². The van der Waals surface area contributed by atoms with Crippen LogP contribution in [0.1, 0.15) is 11.1 Å². The summed E-state index contributed by atoms with van der Waals surface area (Å²) in [6, 6.07) is 15.2. The summed E-state index contributed by atoms with van der Waals surface area (Å²) in [4.78, 5) is 12.0. The van der Waals surface area contributed by atoms with Gasteiger partial charge in [0.25, 0.3) is 0 Å². The number of benzene rings is 2. The van der Waals surface area contributed by atoms with Crippen LogP contribution in [0.25, 0.3) is 0 Å². The molecule has 0 aliphatic heterocycles. The van der Waals surface area contributed by atoms with Gasteiger partial charge in [-0.15, -0.1) is 4.98 Å². The highest BCUT2D eigenvalue weighted by molar-refractivity contribution is 5.32. The lowest BCUT2D eigenvalue weighted by Crippen LogP contribution is -2.02. The van der Waals surface area contributed by atoms with Crippen molar-refractivity contribution in [2.24, 2.45) is 0 Å². The Morgan fingerprint density at radius 1 is 0.652 bits per heavy atom. The van der Waals surface area contributed by atoms with E-state index in [1.54, 1.807) is 0 Å². The normalized spacial score (nSPS) is 10.3. The number of rotatable bonds is 4. The average Bonchev–Trinajstić information content (AvgIpc) is 2.51.